The summed E-state index contributed by atoms with van der Waals surface area (Å²) in [5, 5.41) is 9.41. The Morgan fingerprint density at radius 1 is 1.27 bits per heavy atom. The Balaban J connectivity index is 1.80. The minimum Gasteiger partial charge on any atom is -0.494 e. The Kier molecular flexibility index (Phi) is 5.37. The first-order valence-electron chi connectivity index (χ1n) is 8.31. The van der Waals surface area contributed by atoms with E-state index in [-0.39, 0.29) is 17.6 Å². The van der Waals surface area contributed by atoms with Gasteiger partial charge in [-0.1, -0.05) is 6.92 Å². The number of carbonyl (C=O) groups excluding carboxylic acids is 1. The number of nitrogens with one attached hydrogen (secondary N) is 3. The fraction of sp³-hybridized carbons (Fsp3) is 0.263. The molecule has 7 heteroatoms. The van der Waals surface area contributed by atoms with Gasteiger partial charge >= 0.3 is 0 Å². The van der Waals surface area contributed by atoms with Crippen LogP contribution in [0.15, 0.2) is 36.4 Å². The van der Waals surface area contributed by atoms with Crippen molar-refractivity contribution in [2.75, 3.05) is 23.1 Å². The molecule has 5 nitrogen and oxygen atoms in total. The van der Waals surface area contributed by atoms with E-state index in [4.69, 9.17) is 17.0 Å². The van der Waals surface area contributed by atoms with E-state index >= 15 is 0 Å². The molecule has 0 bridgehead atoms. The van der Waals surface area contributed by atoms with E-state index in [1.54, 1.807) is 25.3 Å². The molecule has 1 unspecified atom stereocenters. The van der Waals surface area contributed by atoms with Crippen LogP contribution < -0.4 is 20.7 Å². The lowest BCUT2D eigenvalue weighted by atomic mass is 10.0. The smallest absolute Gasteiger partial charge is 0.227 e. The summed E-state index contributed by atoms with van der Waals surface area (Å²) in [7, 11) is 1.56. The number of anilines is 3. The molecule has 136 valence electrons. The Morgan fingerprint density at radius 3 is 2.69 bits per heavy atom. The van der Waals surface area contributed by atoms with E-state index in [9.17, 15) is 9.18 Å². The van der Waals surface area contributed by atoms with Crippen LogP contribution in [0.2, 0.25) is 0 Å². The number of fused-ring (bicyclic) bond motifs is 1. The zero-order valence-electron chi connectivity index (χ0n) is 14.6. The van der Waals surface area contributed by atoms with Gasteiger partial charge in [-0.2, -0.15) is 0 Å². The van der Waals surface area contributed by atoms with Crippen LogP contribution in [0.25, 0.3) is 0 Å². The van der Waals surface area contributed by atoms with Crippen LogP contribution in [0.1, 0.15) is 18.9 Å². The molecule has 0 radical (unpaired) electrons. The van der Waals surface area contributed by atoms with Gasteiger partial charge in [-0.05, 0) is 61.0 Å². The number of methoxy groups -OCH3 is 1. The molecular formula is C19H20FN3O2S. The standard InChI is InChI=1S/C19H20FN3O2S/c1-11-3-4-12-9-16(17(25-2)10-15(12)22-18(11)24)23-19(26)21-14-7-5-13(20)6-8-14/h5-11H,3-4H2,1-2H3,(H,22,24)(H2,21,23,26). The molecule has 26 heavy (non-hydrogen) atoms. The van der Waals surface area contributed by atoms with Gasteiger partial charge in [-0.25, -0.2) is 4.39 Å². The van der Waals surface area contributed by atoms with Crippen molar-refractivity contribution in [2.45, 2.75) is 19.8 Å². The van der Waals surface area contributed by atoms with Crippen molar-refractivity contribution in [1.82, 2.24) is 0 Å². The van der Waals surface area contributed by atoms with Crippen molar-refractivity contribution in [3.05, 3.63) is 47.8 Å². The number of aryl methyl sites for hydroxylation is 1. The predicted molar refractivity (Wildman–Crippen MR) is 105 cm³/mol. The van der Waals surface area contributed by atoms with E-state index < -0.39 is 0 Å². The van der Waals surface area contributed by atoms with Crippen molar-refractivity contribution in [3.8, 4) is 5.75 Å². The SMILES string of the molecule is COc1cc2c(cc1NC(=S)Nc1ccc(F)cc1)CCC(C)C(=O)N2. The molecule has 3 rings (SSSR count). The first kappa shape index (κ1) is 18.1. The molecule has 2 aromatic rings. The van der Waals surface area contributed by atoms with Crippen molar-refractivity contribution in [2.24, 2.45) is 5.92 Å². The number of benzene rings is 2. The number of halogens is 1. The summed E-state index contributed by atoms with van der Waals surface area (Å²) in [6, 6.07) is 9.66. The van der Waals surface area contributed by atoms with Crippen LogP contribution in [0.3, 0.4) is 0 Å². The number of hydrogen-bond acceptors (Lipinski definition) is 3. The van der Waals surface area contributed by atoms with Crippen LogP contribution in [0.5, 0.6) is 5.75 Å². The molecule has 0 aliphatic carbocycles. The average Bonchev–Trinajstić information content (AvgIpc) is 2.75. The highest BCUT2D eigenvalue weighted by Gasteiger charge is 2.21. The van der Waals surface area contributed by atoms with Gasteiger partial charge in [0.15, 0.2) is 5.11 Å². The molecule has 1 aliphatic heterocycles. The first-order chi connectivity index (χ1) is 12.5. The quantitative estimate of drug-likeness (QED) is 0.705. The van der Waals surface area contributed by atoms with Gasteiger partial charge in [-0.15, -0.1) is 0 Å². The summed E-state index contributed by atoms with van der Waals surface area (Å²) < 4.78 is 18.4. The second-order valence-corrected chi connectivity index (χ2v) is 6.63. The Hall–Kier alpha value is -2.67. The number of ether oxygens (including phenoxy) is 1. The molecule has 0 spiro atoms. The second-order valence-electron chi connectivity index (χ2n) is 6.22. The Morgan fingerprint density at radius 2 is 2.00 bits per heavy atom. The number of carbonyl (C=O) groups is 1. The zero-order valence-corrected chi connectivity index (χ0v) is 15.4. The molecule has 0 aromatic heterocycles. The Labute approximate surface area is 156 Å². The molecule has 0 fully saturated rings. The summed E-state index contributed by atoms with van der Waals surface area (Å²) >= 11 is 5.34. The van der Waals surface area contributed by atoms with Crippen LogP contribution in [-0.4, -0.2) is 18.1 Å². The monoisotopic (exact) mass is 373 g/mol. The molecule has 0 saturated heterocycles. The highest BCUT2D eigenvalue weighted by atomic mass is 32.1. The first-order valence-corrected chi connectivity index (χ1v) is 8.72. The number of thiocarbonyl (C=S) groups is 1. The third-order valence-corrected chi connectivity index (χ3v) is 4.53. The second kappa shape index (κ2) is 7.70. The average molecular weight is 373 g/mol. The lowest BCUT2D eigenvalue weighted by Crippen LogP contribution is -2.20. The van der Waals surface area contributed by atoms with E-state index in [1.165, 1.54) is 12.1 Å². The van der Waals surface area contributed by atoms with Gasteiger partial charge in [0.05, 0.1) is 12.8 Å². The number of rotatable bonds is 3. The van der Waals surface area contributed by atoms with E-state index in [0.717, 1.165) is 24.1 Å². The maximum absolute atomic E-state index is 13.0. The van der Waals surface area contributed by atoms with Crippen molar-refractivity contribution in [1.29, 1.82) is 0 Å². The van der Waals surface area contributed by atoms with Crippen LogP contribution >= 0.6 is 12.2 Å². The summed E-state index contributed by atoms with van der Waals surface area (Å²) in [6.07, 6.45) is 1.56. The maximum atomic E-state index is 13.0. The Bertz CT molecular complexity index is 839. The van der Waals surface area contributed by atoms with Crippen molar-refractivity contribution in [3.63, 3.8) is 0 Å². The van der Waals surface area contributed by atoms with E-state index in [0.29, 0.717) is 22.2 Å². The maximum Gasteiger partial charge on any atom is 0.227 e. The molecule has 1 amide bonds. The van der Waals surface area contributed by atoms with Gasteiger partial charge in [0, 0.05) is 23.4 Å². The minimum atomic E-state index is -0.307. The lowest BCUT2D eigenvalue weighted by Gasteiger charge is -2.17. The molecule has 1 aliphatic rings. The molecular weight excluding hydrogens is 353 g/mol. The predicted octanol–water partition coefficient (Wildman–Crippen LogP) is 4.16. The van der Waals surface area contributed by atoms with Crippen LogP contribution in [0, 0.1) is 11.7 Å². The van der Waals surface area contributed by atoms with Crippen molar-refractivity contribution >= 4 is 40.3 Å². The largest absolute Gasteiger partial charge is 0.494 e. The summed E-state index contributed by atoms with van der Waals surface area (Å²) in [5.74, 6) is 0.242. The molecule has 2 aromatic carbocycles. The van der Waals surface area contributed by atoms with Crippen LogP contribution in [-0.2, 0) is 11.2 Å². The molecule has 0 saturated carbocycles. The topological polar surface area (TPSA) is 62.4 Å². The lowest BCUT2D eigenvalue weighted by molar-refractivity contribution is -0.119. The molecule has 1 heterocycles. The highest BCUT2D eigenvalue weighted by Crippen LogP contribution is 2.34. The van der Waals surface area contributed by atoms with E-state index in [2.05, 4.69) is 16.0 Å². The van der Waals surface area contributed by atoms with Gasteiger partial charge in [0.2, 0.25) is 5.91 Å². The molecule has 1 atom stereocenters. The zero-order chi connectivity index (χ0) is 18.7. The third-order valence-electron chi connectivity index (χ3n) is 4.33. The third kappa shape index (κ3) is 4.11. The summed E-state index contributed by atoms with van der Waals surface area (Å²) in [5.41, 5.74) is 3.17. The number of amides is 1. The number of hydrogen-bond donors (Lipinski definition) is 3. The van der Waals surface area contributed by atoms with Gasteiger partial charge in [0.25, 0.3) is 0 Å². The van der Waals surface area contributed by atoms with Gasteiger partial charge in [0.1, 0.15) is 11.6 Å². The van der Waals surface area contributed by atoms with E-state index in [1.807, 2.05) is 13.0 Å². The fourth-order valence-electron chi connectivity index (χ4n) is 2.79. The molecule has 3 N–H and O–H groups in total. The van der Waals surface area contributed by atoms with Crippen LogP contribution in [0.4, 0.5) is 21.5 Å². The van der Waals surface area contributed by atoms with Gasteiger partial charge in [-0.3, -0.25) is 4.79 Å². The highest BCUT2D eigenvalue weighted by molar-refractivity contribution is 7.80. The van der Waals surface area contributed by atoms with Crippen molar-refractivity contribution < 1.29 is 13.9 Å². The summed E-state index contributed by atoms with van der Waals surface area (Å²) in [4.78, 5) is 12.0. The normalized spacial score (nSPS) is 16.1. The summed E-state index contributed by atoms with van der Waals surface area (Å²) in [6.45, 7) is 1.92. The van der Waals surface area contributed by atoms with Gasteiger partial charge < -0.3 is 20.7 Å². The minimum absolute atomic E-state index is 0.0139. The fourth-order valence-corrected chi connectivity index (χ4v) is 3.02.